The van der Waals surface area contributed by atoms with Crippen molar-refractivity contribution in [2.24, 2.45) is 0 Å². The molecule has 0 aliphatic heterocycles. The maximum atomic E-state index is 12.0. The van der Waals surface area contributed by atoms with Crippen molar-refractivity contribution in [3.8, 4) is 0 Å². The summed E-state index contributed by atoms with van der Waals surface area (Å²) in [6, 6.07) is 7.74. The summed E-state index contributed by atoms with van der Waals surface area (Å²) in [6.07, 6.45) is 0. The molecule has 0 radical (unpaired) electrons. The van der Waals surface area contributed by atoms with E-state index in [9.17, 15) is 8.42 Å². The van der Waals surface area contributed by atoms with Crippen LogP contribution in [-0.2, 0) is 28.1 Å². The standard InChI is InChI=1S/C14H24N2O3S/c1-4-16(5-2)20(17,18)15-11-13-7-9-14(10-8-13)12-19-6-3/h7-10,15H,4-6,11-12H2,1-3H3. The van der Waals surface area contributed by atoms with E-state index in [1.807, 2.05) is 45.0 Å². The topological polar surface area (TPSA) is 58.6 Å². The smallest absolute Gasteiger partial charge is 0.279 e. The molecule has 0 aliphatic carbocycles. The molecule has 0 saturated carbocycles. The quantitative estimate of drug-likeness (QED) is 0.758. The van der Waals surface area contributed by atoms with Crippen molar-refractivity contribution < 1.29 is 13.2 Å². The van der Waals surface area contributed by atoms with Gasteiger partial charge in [-0.2, -0.15) is 17.4 Å². The van der Waals surface area contributed by atoms with E-state index in [-0.39, 0.29) is 0 Å². The predicted octanol–water partition coefficient (Wildman–Crippen LogP) is 1.90. The maximum absolute atomic E-state index is 12.0. The first-order valence-electron chi connectivity index (χ1n) is 6.93. The Morgan fingerprint density at radius 3 is 2.10 bits per heavy atom. The van der Waals surface area contributed by atoms with Crippen LogP contribution in [0.2, 0.25) is 0 Å². The predicted molar refractivity (Wildman–Crippen MR) is 80.5 cm³/mol. The molecule has 0 aliphatic rings. The van der Waals surface area contributed by atoms with Crippen molar-refractivity contribution in [1.82, 2.24) is 9.03 Å². The molecule has 1 aromatic carbocycles. The van der Waals surface area contributed by atoms with Crippen LogP contribution in [0.25, 0.3) is 0 Å². The first-order valence-corrected chi connectivity index (χ1v) is 8.37. The highest BCUT2D eigenvalue weighted by atomic mass is 32.2. The molecule has 0 bridgehead atoms. The first kappa shape index (κ1) is 17.1. The Labute approximate surface area is 122 Å². The van der Waals surface area contributed by atoms with E-state index in [1.165, 1.54) is 4.31 Å². The maximum Gasteiger partial charge on any atom is 0.279 e. The van der Waals surface area contributed by atoms with Crippen LogP contribution in [-0.4, -0.2) is 32.4 Å². The van der Waals surface area contributed by atoms with Gasteiger partial charge >= 0.3 is 0 Å². The molecule has 5 nitrogen and oxygen atoms in total. The van der Waals surface area contributed by atoms with E-state index < -0.39 is 10.2 Å². The third-order valence-corrected chi connectivity index (χ3v) is 4.71. The van der Waals surface area contributed by atoms with Crippen LogP contribution in [0.3, 0.4) is 0 Å². The highest BCUT2D eigenvalue weighted by Crippen LogP contribution is 2.07. The van der Waals surface area contributed by atoms with Crippen LogP contribution in [0.5, 0.6) is 0 Å². The number of hydrogen-bond donors (Lipinski definition) is 1. The number of ether oxygens (including phenoxy) is 1. The molecule has 1 rings (SSSR count). The van der Waals surface area contributed by atoms with Gasteiger partial charge < -0.3 is 4.74 Å². The van der Waals surface area contributed by atoms with Gasteiger partial charge in [0, 0.05) is 26.2 Å². The lowest BCUT2D eigenvalue weighted by molar-refractivity contribution is 0.134. The molecule has 0 spiro atoms. The Kier molecular flexibility index (Phi) is 7.15. The van der Waals surface area contributed by atoms with Crippen molar-refractivity contribution in [3.05, 3.63) is 35.4 Å². The van der Waals surface area contributed by atoms with E-state index in [0.29, 0.717) is 32.8 Å². The van der Waals surface area contributed by atoms with Gasteiger partial charge in [-0.05, 0) is 18.1 Å². The van der Waals surface area contributed by atoms with Crippen LogP contribution < -0.4 is 4.72 Å². The highest BCUT2D eigenvalue weighted by molar-refractivity contribution is 7.87. The summed E-state index contributed by atoms with van der Waals surface area (Å²) in [4.78, 5) is 0. The third-order valence-electron chi connectivity index (χ3n) is 3.00. The lowest BCUT2D eigenvalue weighted by atomic mass is 10.1. The van der Waals surface area contributed by atoms with Crippen LogP contribution in [0.1, 0.15) is 31.9 Å². The molecule has 1 N–H and O–H groups in total. The van der Waals surface area contributed by atoms with Gasteiger partial charge in [0.05, 0.1) is 6.61 Å². The lowest BCUT2D eigenvalue weighted by Crippen LogP contribution is -2.40. The number of benzene rings is 1. The van der Waals surface area contributed by atoms with Gasteiger partial charge in [0.2, 0.25) is 0 Å². The zero-order chi connectivity index (χ0) is 15.0. The summed E-state index contributed by atoms with van der Waals surface area (Å²) in [7, 11) is -3.39. The Morgan fingerprint density at radius 1 is 1.05 bits per heavy atom. The van der Waals surface area contributed by atoms with Crippen molar-refractivity contribution >= 4 is 10.2 Å². The minimum atomic E-state index is -3.39. The monoisotopic (exact) mass is 300 g/mol. The van der Waals surface area contributed by atoms with Gasteiger partial charge in [-0.25, -0.2) is 0 Å². The second kappa shape index (κ2) is 8.36. The number of nitrogens with one attached hydrogen (secondary N) is 1. The van der Waals surface area contributed by atoms with Gasteiger partial charge in [0.15, 0.2) is 0 Å². The van der Waals surface area contributed by atoms with Gasteiger partial charge in [-0.3, -0.25) is 0 Å². The molecule has 0 heterocycles. The minimum absolute atomic E-state index is 0.299. The largest absolute Gasteiger partial charge is 0.377 e. The molecule has 1 aromatic rings. The van der Waals surface area contributed by atoms with Crippen LogP contribution in [0.4, 0.5) is 0 Å². The first-order chi connectivity index (χ1) is 9.53. The second-order valence-corrected chi connectivity index (χ2v) is 6.12. The Morgan fingerprint density at radius 2 is 1.60 bits per heavy atom. The molecule has 0 aromatic heterocycles. The normalized spacial score (nSPS) is 12.0. The van der Waals surface area contributed by atoms with E-state index in [4.69, 9.17) is 4.74 Å². The van der Waals surface area contributed by atoms with Crippen LogP contribution in [0.15, 0.2) is 24.3 Å². The Balaban J connectivity index is 2.57. The van der Waals surface area contributed by atoms with E-state index in [2.05, 4.69) is 4.72 Å². The van der Waals surface area contributed by atoms with Crippen molar-refractivity contribution in [3.63, 3.8) is 0 Å². The molecule has 0 saturated heterocycles. The van der Waals surface area contributed by atoms with Crippen molar-refractivity contribution in [2.45, 2.75) is 33.9 Å². The summed E-state index contributed by atoms with van der Waals surface area (Å²) in [5, 5.41) is 0. The van der Waals surface area contributed by atoms with Gasteiger partial charge in [0.1, 0.15) is 0 Å². The fourth-order valence-electron chi connectivity index (χ4n) is 1.80. The summed E-state index contributed by atoms with van der Waals surface area (Å²) in [6.45, 7) is 8.12. The van der Waals surface area contributed by atoms with E-state index in [0.717, 1.165) is 11.1 Å². The molecule has 0 atom stereocenters. The summed E-state index contributed by atoms with van der Waals surface area (Å²) >= 11 is 0. The van der Waals surface area contributed by atoms with Crippen molar-refractivity contribution in [1.29, 1.82) is 0 Å². The molecular weight excluding hydrogens is 276 g/mol. The molecule has 114 valence electrons. The van der Waals surface area contributed by atoms with E-state index in [1.54, 1.807) is 0 Å². The second-order valence-electron chi connectivity index (χ2n) is 4.36. The molecule has 0 fully saturated rings. The summed E-state index contributed by atoms with van der Waals surface area (Å²) in [5.74, 6) is 0. The highest BCUT2D eigenvalue weighted by Gasteiger charge is 2.17. The minimum Gasteiger partial charge on any atom is -0.377 e. The molecule has 6 heteroatoms. The van der Waals surface area contributed by atoms with Gasteiger partial charge in [0.25, 0.3) is 10.2 Å². The molecular formula is C14H24N2O3S. The molecule has 0 unspecified atom stereocenters. The van der Waals surface area contributed by atoms with Crippen molar-refractivity contribution in [2.75, 3.05) is 19.7 Å². The fraction of sp³-hybridized carbons (Fsp3) is 0.571. The third kappa shape index (κ3) is 5.20. The molecule has 20 heavy (non-hydrogen) atoms. The Bertz CT molecular complexity index is 482. The van der Waals surface area contributed by atoms with E-state index >= 15 is 0 Å². The average molecular weight is 300 g/mol. The number of nitrogens with zero attached hydrogens (tertiary/aromatic N) is 1. The summed E-state index contributed by atoms with van der Waals surface area (Å²) in [5.41, 5.74) is 2.02. The average Bonchev–Trinajstić information content (AvgIpc) is 2.45. The zero-order valence-corrected chi connectivity index (χ0v) is 13.2. The summed E-state index contributed by atoms with van der Waals surface area (Å²) < 4.78 is 33.3. The fourth-order valence-corrected chi connectivity index (χ4v) is 3.01. The molecule has 0 amide bonds. The number of hydrogen-bond acceptors (Lipinski definition) is 3. The van der Waals surface area contributed by atoms with Gasteiger partial charge in [-0.1, -0.05) is 38.1 Å². The number of rotatable bonds is 9. The zero-order valence-electron chi connectivity index (χ0n) is 12.4. The van der Waals surface area contributed by atoms with Gasteiger partial charge in [-0.15, -0.1) is 0 Å². The Hall–Kier alpha value is -0.950. The SMILES string of the molecule is CCOCc1ccc(CNS(=O)(=O)N(CC)CC)cc1. The van der Waals surface area contributed by atoms with Crippen LogP contribution >= 0.6 is 0 Å². The van der Waals surface area contributed by atoms with Crippen LogP contribution in [0, 0.1) is 0 Å². The lowest BCUT2D eigenvalue weighted by Gasteiger charge is -2.18.